The molecule has 0 radical (unpaired) electrons. The minimum absolute atomic E-state index is 0.0333. The Kier molecular flexibility index (Phi) is 5.36. The first-order valence-electron chi connectivity index (χ1n) is 8.64. The second-order valence-corrected chi connectivity index (χ2v) is 6.27. The van der Waals surface area contributed by atoms with Crippen molar-refractivity contribution in [1.29, 1.82) is 0 Å². The van der Waals surface area contributed by atoms with Crippen molar-refractivity contribution in [1.82, 2.24) is 0 Å². The molecule has 1 fully saturated rings. The highest BCUT2D eigenvalue weighted by Gasteiger charge is 2.12. The van der Waals surface area contributed by atoms with Gasteiger partial charge in [0.1, 0.15) is 5.75 Å². The minimum Gasteiger partial charge on any atom is -0.508 e. The predicted molar refractivity (Wildman–Crippen MR) is 97.6 cm³/mol. The molecule has 0 saturated carbocycles. The van der Waals surface area contributed by atoms with Gasteiger partial charge in [-0.15, -0.1) is 0 Å². The highest BCUT2D eigenvalue weighted by Crippen LogP contribution is 2.23. The van der Waals surface area contributed by atoms with E-state index >= 15 is 0 Å². The second-order valence-electron chi connectivity index (χ2n) is 6.27. The summed E-state index contributed by atoms with van der Waals surface area (Å²) in [5.41, 5.74) is 2.81. The number of para-hydroxylation sites is 1. The van der Waals surface area contributed by atoms with E-state index in [1.807, 2.05) is 30.3 Å². The topological polar surface area (TPSA) is 52.6 Å². The van der Waals surface area contributed by atoms with Crippen LogP contribution in [0.2, 0.25) is 0 Å². The summed E-state index contributed by atoms with van der Waals surface area (Å²) in [6, 6.07) is 15.2. The van der Waals surface area contributed by atoms with Crippen LogP contribution < -0.4 is 10.2 Å². The van der Waals surface area contributed by atoms with Gasteiger partial charge in [-0.3, -0.25) is 4.79 Å². The van der Waals surface area contributed by atoms with Gasteiger partial charge in [0.05, 0.1) is 0 Å². The molecule has 1 saturated heterocycles. The summed E-state index contributed by atoms with van der Waals surface area (Å²) in [5, 5.41) is 12.7. The van der Waals surface area contributed by atoms with E-state index in [9.17, 15) is 9.90 Å². The van der Waals surface area contributed by atoms with E-state index in [0.29, 0.717) is 12.8 Å². The van der Waals surface area contributed by atoms with Gasteiger partial charge in [0, 0.05) is 30.9 Å². The van der Waals surface area contributed by atoms with Gasteiger partial charge in [0.2, 0.25) is 5.91 Å². The van der Waals surface area contributed by atoms with Gasteiger partial charge < -0.3 is 15.3 Å². The molecule has 1 aliphatic rings. The first kappa shape index (κ1) is 16.4. The normalized spacial score (nSPS) is 14.4. The van der Waals surface area contributed by atoms with Gasteiger partial charge in [-0.2, -0.15) is 0 Å². The van der Waals surface area contributed by atoms with Crippen molar-refractivity contribution in [3.8, 4) is 5.75 Å². The number of carbonyl (C=O) groups excluding carboxylic acids is 1. The fraction of sp³-hybridized carbons (Fsp3) is 0.350. The molecular formula is C20H24N2O2. The number of carbonyl (C=O) groups is 1. The van der Waals surface area contributed by atoms with E-state index in [-0.39, 0.29) is 11.7 Å². The molecule has 24 heavy (non-hydrogen) atoms. The van der Waals surface area contributed by atoms with Crippen molar-refractivity contribution in [2.75, 3.05) is 23.3 Å². The Labute approximate surface area is 143 Å². The summed E-state index contributed by atoms with van der Waals surface area (Å²) >= 11 is 0. The molecule has 3 rings (SSSR count). The maximum Gasteiger partial charge on any atom is 0.224 e. The Hall–Kier alpha value is -2.49. The number of amides is 1. The Morgan fingerprint density at radius 1 is 1.04 bits per heavy atom. The van der Waals surface area contributed by atoms with Gasteiger partial charge in [-0.1, -0.05) is 24.3 Å². The second kappa shape index (κ2) is 7.86. The van der Waals surface area contributed by atoms with Crippen LogP contribution in [0.5, 0.6) is 5.75 Å². The van der Waals surface area contributed by atoms with Gasteiger partial charge in [0.25, 0.3) is 0 Å². The molecule has 1 amide bonds. The van der Waals surface area contributed by atoms with Crippen LogP contribution in [0.15, 0.2) is 48.5 Å². The van der Waals surface area contributed by atoms with Crippen LogP contribution in [0.25, 0.3) is 0 Å². The van der Waals surface area contributed by atoms with E-state index in [1.54, 1.807) is 12.1 Å². The molecule has 1 aliphatic heterocycles. The fourth-order valence-electron chi connectivity index (χ4n) is 3.13. The number of hydrogen-bond donors (Lipinski definition) is 2. The number of hydrogen-bond acceptors (Lipinski definition) is 3. The zero-order chi connectivity index (χ0) is 16.8. The quantitative estimate of drug-likeness (QED) is 0.875. The molecule has 2 N–H and O–H groups in total. The molecule has 1 heterocycles. The molecule has 4 nitrogen and oxygen atoms in total. The van der Waals surface area contributed by atoms with E-state index < -0.39 is 0 Å². The Morgan fingerprint density at radius 2 is 1.83 bits per heavy atom. The van der Waals surface area contributed by atoms with E-state index in [1.165, 1.54) is 24.9 Å². The average molecular weight is 324 g/mol. The van der Waals surface area contributed by atoms with Crippen molar-refractivity contribution in [2.45, 2.75) is 32.1 Å². The number of benzene rings is 2. The van der Waals surface area contributed by atoms with Crippen LogP contribution in [0, 0.1) is 0 Å². The van der Waals surface area contributed by atoms with Crippen molar-refractivity contribution < 1.29 is 9.90 Å². The van der Waals surface area contributed by atoms with Gasteiger partial charge in [-0.25, -0.2) is 0 Å². The van der Waals surface area contributed by atoms with E-state index in [2.05, 4.69) is 16.3 Å². The summed E-state index contributed by atoms with van der Waals surface area (Å²) in [7, 11) is 0. The zero-order valence-electron chi connectivity index (χ0n) is 13.9. The Balaban J connectivity index is 1.57. The Morgan fingerprint density at radius 3 is 2.62 bits per heavy atom. The molecular weight excluding hydrogens is 300 g/mol. The lowest BCUT2D eigenvalue weighted by Gasteiger charge is -2.29. The lowest BCUT2D eigenvalue weighted by Crippen LogP contribution is -2.29. The number of nitrogens with one attached hydrogen (secondary N) is 1. The van der Waals surface area contributed by atoms with Crippen LogP contribution in [0.3, 0.4) is 0 Å². The van der Waals surface area contributed by atoms with Crippen molar-refractivity contribution in [3.63, 3.8) is 0 Å². The number of anilines is 2. The third-order valence-corrected chi connectivity index (χ3v) is 4.46. The number of phenols is 1. The lowest BCUT2D eigenvalue weighted by atomic mass is 10.1. The number of aromatic hydroxyl groups is 1. The number of aryl methyl sites for hydroxylation is 1. The highest BCUT2D eigenvalue weighted by atomic mass is 16.3. The van der Waals surface area contributed by atoms with Crippen molar-refractivity contribution >= 4 is 17.3 Å². The van der Waals surface area contributed by atoms with Crippen LogP contribution in [-0.2, 0) is 11.2 Å². The molecule has 0 atom stereocenters. The molecule has 0 spiro atoms. The van der Waals surface area contributed by atoms with Crippen LogP contribution in [-0.4, -0.2) is 24.1 Å². The number of rotatable bonds is 5. The number of piperidine rings is 1. The van der Waals surface area contributed by atoms with E-state index in [0.717, 1.165) is 24.3 Å². The van der Waals surface area contributed by atoms with E-state index in [4.69, 9.17) is 0 Å². The molecule has 4 heteroatoms. The molecule has 2 aromatic carbocycles. The third kappa shape index (κ3) is 4.28. The summed E-state index contributed by atoms with van der Waals surface area (Å²) in [4.78, 5) is 14.6. The molecule has 126 valence electrons. The van der Waals surface area contributed by atoms with Gasteiger partial charge in [0.15, 0.2) is 0 Å². The summed E-state index contributed by atoms with van der Waals surface area (Å²) in [5.74, 6) is 0.214. The zero-order valence-corrected chi connectivity index (χ0v) is 13.9. The van der Waals surface area contributed by atoms with Crippen LogP contribution in [0.1, 0.15) is 31.2 Å². The molecule has 0 bridgehead atoms. The number of phenolic OH excluding ortho intramolecular Hbond substituents is 1. The van der Waals surface area contributed by atoms with Gasteiger partial charge >= 0.3 is 0 Å². The van der Waals surface area contributed by atoms with Crippen LogP contribution in [0.4, 0.5) is 11.4 Å². The maximum atomic E-state index is 12.2. The molecule has 0 aliphatic carbocycles. The smallest absolute Gasteiger partial charge is 0.224 e. The average Bonchev–Trinajstić information content (AvgIpc) is 2.62. The third-order valence-electron chi connectivity index (χ3n) is 4.46. The fourth-order valence-corrected chi connectivity index (χ4v) is 3.13. The molecule has 0 aromatic heterocycles. The van der Waals surface area contributed by atoms with Crippen LogP contribution >= 0.6 is 0 Å². The number of nitrogens with zero attached hydrogens (tertiary/aromatic N) is 1. The molecule has 0 unspecified atom stereocenters. The summed E-state index contributed by atoms with van der Waals surface area (Å²) in [6.45, 7) is 2.18. The largest absolute Gasteiger partial charge is 0.508 e. The first-order chi connectivity index (χ1) is 11.7. The summed E-state index contributed by atoms with van der Waals surface area (Å²) < 4.78 is 0. The monoisotopic (exact) mass is 324 g/mol. The predicted octanol–water partition coefficient (Wildman–Crippen LogP) is 3.95. The van der Waals surface area contributed by atoms with Crippen molar-refractivity contribution in [2.24, 2.45) is 0 Å². The summed E-state index contributed by atoms with van der Waals surface area (Å²) in [6.07, 6.45) is 4.66. The Bertz CT molecular complexity index is 694. The first-order valence-corrected chi connectivity index (χ1v) is 8.64. The SMILES string of the molecule is O=C(CCc1ccccc1O)Nc1cccc(N2CCCCC2)c1. The molecule has 2 aromatic rings. The standard InChI is InChI=1S/C20H24N2O2/c23-19-10-3-2-7-16(19)11-12-20(24)21-17-8-6-9-18(15-17)22-13-4-1-5-14-22/h2-3,6-10,15,23H,1,4-5,11-14H2,(H,21,24). The lowest BCUT2D eigenvalue weighted by molar-refractivity contribution is -0.116. The highest BCUT2D eigenvalue weighted by molar-refractivity contribution is 5.91. The van der Waals surface area contributed by atoms with Gasteiger partial charge in [-0.05, 0) is 55.5 Å². The maximum absolute atomic E-state index is 12.2. The van der Waals surface area contributed by atoms with Crippen molar-refractivity contribution in [3.05, 3.63) is 54.1 Å². The minimum atomic E-state index is -0.0333.